The third-order valence-electron chi connectivity index (χ3n) is 1.63. The summed E-state index contributed by atoms with van der Waals surface area (Å²) in [5.41, 5.74) is -0.173. The first-order chi connectivity index (χ1) is 6.49. The van der Waals surface area contributed by atoms with E-state index in [9.17, 15) is 0 Å². The molecule has 0 N–H and O–H groups in total. The van der Waals surface area contributed by atoms with Crippen LogP contribution in [0.2, 0.25) is 6.04 Å². The van der Waals surface area contributed by atoms with E-state index in [4.69, 9.17) is 8.85 Å². The second-order valence-corrected chi connectivity index (χ2v) is 8.32. The van der Waals surface area contributed by atoms with Crippen LogP contribution < -0.4 is 0 Å². The first-order valence-corrected chi connectivity index (χ1v) is 7.61. The Morgan fingerprint density at radius 1 is 0.867 bits per heavy atom. The topological polar surface area (TPSA) is 18.5 Å². The lowest BCUT2D eigenvalue weighted by Crippen LogP contribution is -2.39. The van der Waals surface area contributed by atoms with Crippen LogP contribution in [-0.4, -0.2) is 20.5 Å². The predicted molar refractivity (Wildman–Crippen MR) is 68.5 cm³/mol. The molecule has 0 aromatic heterocycles. The largest absolute Gasteiger partial charge is 0.392 e. The molecule has 15 heavy (non-hydrogen) atoms. The van der Waals surface area contributed by atoms with E-state index in [1.165, 1.54) is 0 Å². The van der Waals surface area contributed by atoms with E-state index in [0.717, 1.165) is 6.04 Å². The highest BCUT2D eigenvalue weighted by Crippen LogP contribution is 2.20. The molecule has 0 aliphatic carbocycles. The van der Waals surface area contributed by atoms with Crippen LogP contribution in [0.4, 0.5) is 0 Å². The van der Waals surface area contributed by atoms with Crippen LogP contribution in [0.5, 0.6) is 0 Å². The molecule has 3 heteroatoms. The zero-order valence-electron chi connectivity index (χ0n) is 11.7. The first-order valence-electron chi connectivity index (χ1n) is 5.85. The zero-order valence-corrected chi connectivity index (χ0v) is 12.8. The molecule has 0 rings (SSSR count). The Kier molecular flexibility index (Phi) is 5.51. The predicted octanol–water partition coefficient (Wildman–Crippen LogP) is 3.49. The van der Waals surface area contributed by atoms with Crippen LogP contribution in [-0.2, 0) is 8.85 Å². The summed E-state index contributed by atoms with van der Waals surface area (Å²) in [6.45, 7) is 17.0. The van der Waals surface area contributed by atoms with E-state index >= 15 is 0 Å². The Labute approximate surface area is 97.2 Å². The first kappa shape index (κ1) is 15.1. The molecule has 0 aliphatic rings. The summed E-state index contributed by atoms with van der Waals surface area (Å²) in [5, 5.41) is 0. The van der Waals surface area contributed by atoms with Gasteiger partial charge in [-0.1, -0.05) is 13.8 Å². The van der Waals surface area contributed by atoms with Crippen LogP contribution in [0.25, 0.3) is 0 Å². The molecule has 0 aliphatic heterocycles. The summed E-state index contributed by atoms with van der Waals surface area (Å²) in [4.78, 5) is 0. The lowest BCUT2D eigenvalue weighted by atomic mass is 10.2. The van der Waals surface area contributed by atoms with Gasteiger partial charge in [-0.3, -0.25) is 0 Å². The van der Waals surface area contributed by atoms with Crippen molar-refractivity contribution in [2.45, 2.75) is 72.6 Å². The minimum absolute atomic E-state index is 0.0863. The Balaban J connectivity index is 4.32. The van der Waals surface area contributed by atoms with Gasteiger partial charge >= 0.3 is 9.28 Å². The van der Waals surface area contributed by atoms with Gasteiger partial charge in [-0.2, -0.15) is 0 Å². The maximum Gasteiger partial charge on any atom is 0.322 e. The van der Waals surface area contributed by atoms with Crippen molar-refractivity contribution >= 4 is 9.28 Å². The molecule has 0 bridgehead atoms. The van der Waals surface area contributed by atoms with Gasteiger partial charge in [-0.25, -0.2) is 0 Å². The minimum atomic E-state index is -1.54. The van der Waals surface area contributed by atoms with Gasteiger partial charge in [0, 0.05) is 11.2 Å². The van der Waals surface area contributed by atoms with Crippen molar-refractivity contribution in [1.82, 2.24) is 0 Å². The van der Waals surface area contributed by atoms with Gasteiger partial charge in [0.15, 0.2) is 0 Å². The third-order valence-corrected chi connectivity index (χ3v) is 4.90. The molecule has 0 aromatic rings. The number of hydrogen-bond donors (Lipinski definition) is 0. The van der Waals surface area contributed by atoms with Crippen LogP contribution in [0.15, 0.2) is 0 Å². The molecule has 0 aromatic carbocycles. The van der Waals surface area contributed by atoms with Crippen molar-refractivity contribution in [2.24, 2.45) is 5.92 Å². The lowest BCUT2D eigenvalue weighted by Gasteiger charge is -2.32. The summed E-state index contributed by atoms with van der Waals surface area (Å²) in [6.07, 6.45) is 0. The van der Waals surface area contributed by atoms with E-state index in [0.29, 0.717) is 5.92 Å². The Morgan fingerprint density at radius 2 is 1.20 bits per heavy atom. The van der Waals surface area contributed by atoms with Gasteiger partial charge in [-0.05, 0) is 53.5 Å². The molecule has 0 atom stereocenters. The maximum atomic E-state index is 6.04. The van der Waals surface area contributed by atoms with E-state index in [-0.39, 0.29) is 11.2 Å². The monoisotopic (exact) mass is 232 g/mol. The van der Waals surface area contributed by atoms with Gasteiger partial charge in [0.05, 0.1) is 0 Å². The average Bonchev–Trinajstić information content (AvgIpc) is 1.73. The minimum Gasteiger partial charge on any atom is -0.392 e. The summed E-state index contributed by atoms with van der Waals surface area (Å²) >= 11 is 0. The number of hydrogen-bond acceptors (Lipinski definition) is 2. The fourth-order valence-electron chi connectivity index (χ4n) is 1.29. The van der Waals surface area contributed by atoms with Crippen LogP contribution in [0.1, 0.15) is 55.4 Å². The fraction of sp³-hybridized carbons (Fsp3) is 1.00. The van der Waals surface area contributed by atoms with E-state index in [2.05, 4.69) is 55.4 Å². The standard InChI is InChI=1S/C12H28O2Si/c1-10(2)9-15(13-11(3,4)5)14-12(6,7)8/h10,15H,9H2,1-8H3. The van der Waals surface area contributed by atoms with Crippen LogP contribution >= 0.6 is 0 Å². The molecule has 2 nitrogen and oxygen atoms in total. The van der Waals surface area contributed by atoms with Crippen molar-refractivity contribution in [3.8, 4) is 0 Å². The maximum absolute atomic E-state index is 6.04. The molecule has 0 unspecified atom stereocenters. The molecule has 92 valence electrons. The molecule has 0 fully saturated rings. The van der Waals surface area contributed by atoms with Crippen LogP contribution in [0, 0.1) is 5.92 Å². The molecule has 0 radical (unpaired) electrons. The SMILES string of the molecule is CC(C)C[SiH](OC(C)(C)C)OC(C)(C)C. The van der Waals surface area contributed by atoms with Crippen molar-refractivity contribution in [3.05, 3.63) is 0 Å². The highest BCUT2D eigenvalue weighted by Gasteiger charge is 2.27. The normalized spacial score (nSPS) is 14.0. The van der Waals surface area contributed by atoms with Gasteiger partial charge in [0.2, 0.25) is 0 Å². The molecular formula is C12H28O2Si. The van der Waals surface area contributed by atoms with Gasteiger partial charge < -0.3 is 8.85 Å². The number of rotatable bonds is 4. The second kappa shape index (κ2) is 5.46. The Hall–Kier alpha value is 0.137. The molecule has 0 heterocycles. The van der Waals surface area contributed by atoms with Crippen molar-refractivity contribution in [2.75, 3.05) is 0 Å². The van der Waals surface area contributed by atoms with Crippen LogP contribution in [0.3, 0.4) is 0 Å². The molecule has 0 spiro atoms. The second-order valence-electron chi connectivity index (χ2n) is 6.52. The smallest absolute Gasteiger partial charge is 0.322 e. The zero-order chi connectivity index (χ0) is 12.3. The molecule has 0 amide bonds. The molecule has 0 saturated carbocycles. The van der Waals surface area contributed by atoms with E-state index < -0.39 is 9.28 Å². The van der Waals surface area contributed by atoms with Gasteiger partial charge in [-0.15, -0.1) is 0 Å². The summed E-state index contributed by atoms with van der Waals surface area (Å²) in [5.74, 6) is 0.645. The quantitative estimate of drug-likeness (QED) is 0.691. The molecule has 0 saturated heterocycles. The van der Waals surface area contributed by atoms with E-state index in [1.54, 1.807) is 0 Å². The molecular weight excluding hydrogens is 204 g/mol. The van der Waals surface area contributed by atoms with Crippen molar-refractivity contribution in [1.29, 1.82) is 0 Å². The Morgan fingerprint density at radius 3 is 1.40 bits per heavy atom. The summed E-state index contributed by atoms with van der Waals surface area (Å²) in [6, 6.07) is 1.08. The van der Waals surface area contributed by atoms with Crippen molar-refractivity contribution in [3.63, 3.8) is 0 Å². The van der Waals surface area contributed by atoms with Gasteiger partial charge in [0.25, 0.3) is 0 Å². The average molecular weight is 232 g/mol. The third kappa shape index (κ3) is 10.4. The Bertz CT molecular complexity index is 161. The highest BCUT2D eigenvalue weighted by molar-refractivity contribution is 6.44. The summed E-state index contributed by atoms with van der Waals surface area (Å²) < 4.78 is 12.1. The van der Waals surface area contributed by atoms with Crippen molar-refractivity contribution < 1.29 is 8.85 Å². The highest BCUT2D eigenvalue weighted by atomic mass is 28.3. The lowest BCUT2D eigenvalue weighted by molar-refractivity contribution is 0.0325. The summed E-state index contributed by atoms with van der Waals surface area (Å²) in [7, 11) is -1.54. The fourth-order valence-corrected chi connectivity index (χ4v) is 3.88. The van der Waals surface area contributed by atoms with E-state index in [1.807, 2.05) is 0 Å². The van der Waals surface area contributed by atoms with Gasteiger partial charge in [0.1, 0.15) is 0 Å².